The van der Waals surface area contributed by atoms with Crippen LogP contribution in [0.15, 0.2) is 35.5 Å². The van der Waals surface area contributed by atoms with Crippen molar-refractivity contribution in [1.29, 1.82) is 0 Å². The maximum absolute atomic E-state index is 12.3. The number of ether oxygens (including phenoxy) is 4. The molecule has 0 N–H and O–H groups in total. The highest BCUT2D eigenvalue weighted by molar-refractivity contribution is 5.89. The Morgan fingerprint density at radius 2 is 2.00 bits per heavy atom. The molecule has 1 fully saturated rings. The van der Waals surface area contributed by atoms with Crippen molar-refractivity contribution in [3.05, 3.63) is 40.8 Å². The first kappa shape index (κ1) is 20.0. The van der Waals surface area contributed by atoms with E-state index < -0.39 is 36.3 Å². The molecule has 0 aromatic heterocycles. The topological polar surface area (TPSA) is 100 Å². The number of carbonyl (C=O) groups is 2. The second kappa shape index (κ2) is 9.98. The summed E-state index contributed by atoms with van der Waals surface area (Å²) in [5, 5.41) is 3.00. The number of methoxy groups -OCH3 is 1. The predicted molar refractivity (Wildman–Crippen MR) is 91.6 cm³/mol. The summed E-state index contributed by atoms with van der Waals surface area (Å²) in [7, 11) is 1.20. The summed E-state index contributed by atoms with van der Waals surface area (Å²) < 4.78 is 21.3. The van der Waals surface area contributed by atoms with Crippen LogP contribution in [0.1, 0.15) is 30.1 Å². The van der Waals surface area contributed by atoms with Crippen molar-refractivity contribution >= 4 is 11.9 Å². The van der Waals surface area contributed by atoms with Crippen LogP contribution in [-0.2, 0) is 23.7 Å². The molecule has 8 nitrogen and oxygen atoms in total. The number of carbonyl (C=O) groups excluding carboxylic acids is 2. The first-order chi connectivity index (χ1) is 12.6. The molecule has 0 bridgehead atoms. The van der Waals surface area contributed by atoms with Gasteiger partial charge in [-0.15, -0.1) is 0 Å². The molecule has 0 radical (unpaired) electrons. The van der Waals surface area contributed by atoms with E-state index in [2.05, 4.69) is 9.91 Å². The Labute approximate surface area is 151 Å². The molecule has 0 spiro atoms. The zero-order valence-electron chi connectivity index (χ0n) is 14.8. The molecule has 0 aliphatic carbocycles. The molecule has 1 heterocycles. The lowest BCUT2D eigenvalue weighted by atomic mass is 9.97. The number of esters is 2. The van der Waals surface area contributed by atoms with Gasteiger partial charge in [-0.1, -0.05) is 36.7 Å². The Balaban J connectivity index is 2.15. The van der Waals surface area contributed by atoms with Gasteiger partial charge in [-0.2, -0.15) is 4.91 Å². The van der Waals surface area contributed by atoms with Crippen LogP contribution >= 0.6 is 0 Å². The van der Waals surface area contributed by atoms with Gasteiger partial charge in [0.1, 0.15) is 6.10 Å². The summed E-state index contributed by atoms with van der Waals surface area (Å²) >= 11 is 0. The monoisotopic (exact) mass is 365 g/mol. The largest absolute Gasteiger partial charge is 0.467 e. The van der Waals surface area contributed by atoms with Gasteiger partial charge in [-0.05, 0) is 18.6 Å². The van der Waals surface area contributed by atoms with Crippen molar-refractivity contribution in [3.8, 4) is 0 Å². The zero-order valence-corrected chi connectivity index (χ0v) is 14.8. The van der Waals surface area contributed by atoms with E-state index in [0.717, 1.165) is 12.8 Å². The number of rotatable bonds is 8. The third-order valence-electron chi connectivity index (χ3n) is 4.08. The number of unbranched alkanes of at least 4 members (excludes halogenated alkanes) is 1. The van der Waals surface area contributed by atoms with Crippen LogP contribution in [0.4, 0.5) is 0 Å². The van der Waals surface area contributed by atoms with Crippen LogP contribution in [0.5, 0.6) is 0 Å². The minimum absolute atomic E-state index is 0.0961. The molecule has 1 aromatic rings. The Kier molecular flexibility index (Phi) is 7.68. The third kappa shape index (κ3) is 4.86. The van der Waals surface area contributed by atoms with Gasteiger partial charge in [0.15, 0.2) is 18.2 Å². The smallest absolute Gasteiger partial charge is 0.338 e. The average molecular weight is 365 g/mol. The summed E-state index contributed by atoms with van der Waals surface area (Å²) in [6, 6.07) is 7.28. The maximum atomic E-state index is 12.3. The van der Waals surface area contributed by atoms with Gasteiger partial charge in [0.2, 0.25) is 0 Å². The quantitative estimate of drug-likeness (QED) is 0.395. The molecule has 1 saturated heterocycles. The lowest BCUT2D eigenvalue weighted by Crippen LogP contribution is -2.57. The number of hydrogen-bond acceptors (Lipinski definition) is 8. The van der Waals surface area contributed by atoms with E-state index in [0.29, 0.717) is 12.2 Å². The van der Waals surface area contributed by atoms with E-state index in [1.165, 1.54) is 7.11 Å². The third-order valence-corrected chi connectivity index (χ3v) is 4.08. The van der Waals surface area contributed by atoms with E-state index in [-0.39, 0.29) is 6.61 Å². The van der Waals surface area contributed by atoms with Crippen molar-refractivity contribution < 1.29 is 28.5 Å². The van der Waals surface area contributed by atoms with Gasteiger partial charge in [-0.3, -0.25) is 0 Å². The molecule has 1 aliphatic rings. The van der Waals surface area contributed by atoms with E-state index >= 15 is 0 Å². The standard InChI is InChI=1S/C18H23NO7/c1-3-4-10-24-15-13(26-17(20)12-8-6-5-7-9-12)11-25-16(14(15)19-22)18(21)23-2/h5-9,13-16H,3-4,10-11H2,1-2H3/t13-,14+,15?,16?/m1/s1. The van der Waals surface area contributed by atoms with Crippen LogP contribution in [0, 0.1) is 4.91 Å². The van der Waals surface area contributed by atoms with Crippen molar-refractivity contribution in [2.24, 2.45) is 5.18 Å². The molecule has 0 amide bonds. The number of nitroso groups, excluding NO2 is 1. The molecule has 142 valence electrons. The SMILES string of the molecule is CCCCOC1[C@H](N=O)C(C(=O)OC)OC[C@H]1OC(=O)c1ccccc1. The number of nitrogens with zero attached hydrogens (tertiary/aromatic N) is 1. The molecule has 4 atom stereocenters. The molecule has 2 rings (SSSR count). The van der Waals surface area contributed by atoms with Crippen LogP contribution in [0.3, 0.4) is 0 Å². The van der Waals surface area contributed by atoms with Crippen LogP contribution < -0.4 is 0 Å². The van der Waals surface area contributed by atoms with Gasteiger partial charge >= 0.3 is 11.9 Å². The summed E-state index contributed by atoms with van der Waals surface area (Å²) in [5.74, 6) is -1.28. The van der Waals surface area contributed by atoms with E-state index in [1.807, 2.05) is 6.92 Å². The summed E-state index contributed by atoms with van der Waals surface area (Å²) in [6.07, 6.45) is -1.29. The molecule has 26 heavy (non-hydrogen) atoms. The highest BCUT2D eigenvalue weighted by Gasteiger charge is 2.48. The second-order valence-electron chi connectivity index (χ2n) is 5.87. The molecule has 8 heteroatoms. The summed E-state index contributed by atoms with van der Waals surface area (Å²) in [4.78, 5) is 35.6. The van der Waals surface area contributed by atoms with Crippen molar-refractivity contribution in [2.45, 2.75) is 44.1 Å². The fraction of sp³-hybridized carbons (Fsp3) is 0.556. The normalized spacial score (nSPS) is 25.3. The lowest BCUT2D eigenvalue weighted by Gasteiger charge is -2.37. The number of hydrogen-bond donors (Lipinski definition) is 0. The maximum Gasteiger partial charge on any atom is 0.338 e. The minimum Gasteiger partial charge on any atom is -0.467 e. The van der Waals surface area contributed by atoms with Gasteiger partial charge in [0, 0.05) is 6.61 Å². The molecule has 0 saturated carbocycles. The zero-order chi connectivity index (χ0) is 18.9. The Morgan fingerprint density at radius 1 is 1.27 bits per heavy atom. The van der Waals surface area contributed by atoms with Gasteiger partial charge in [0.25, 0.3) is 0 Å². The highest BCUT2D eigenvalue weighted by Crippen LogP contribution is 2.25. The van der Waals surface area contributed by atoms with Gasteiger partial charge in [-0.25, -0.2) is 9.59 Å². The Hall–Kier alpha value is -2.32. The van der Waals surface area contributed by atoms with Crippen molar-refractivity contribution in [2.75, 3.05) is 20.3 Å². The fourth-order valence-corrected chi connectivity index (χ4v) is 2.67. The van der Waals surface area contributed by atoms with Crippen LogP contribution in [-0.4, -0.2) is 56.6 Å². The highest BCUT2D eigenvalue weighted by atomic mass is 16.6. The van der Waals surface area contributed by atoms with Crippen LogP contribution in [0.25, 0.3) is 0 Å². The lowest BCUT2D eigenvalue weighted by molar-refractivity contribution is -0.183. The van der Waals surface area contributed by atoms with Crippen molar-refractivity contribution in [1.82, 2.24) is 0 Å². The number of benzene rings is 1. The van der Waals surface area contributed by atoms with Gasteiger partial charge < -0.3 is 18.9 Å². The second-order valence-corrected chi connectivity index (χ2v) is 5.87. The van der Waals surface area contributed by atoms with Crippen LogP contribution in [0.2, 0.25) is 0 Å². The van der Waals surface area contributed by atoms with Gasteiger partial charge in [0.05, 0.1) is 19.3 Å². The minimum atomic E-state index is -1.18. The molecule has 1 aliphatic heterocycles. The summed E-state index contributed by atoms with van der Waals surface area (Å²) in [6.45, 7) is 2.24. The first-order valence-corrected chi connectivity index (χ1v) is 8.51. The van der Waals surface area contributed by atoms with Crippen molar-refractivity contribution in [3.63, 3.8) is 0 Å². The molecular formula is C18H23NO7. The molecular weight excluding hydrogens is 342 g/mol. The average Bonchev–Trinajstić information content (AvgIpc) is 2.68. The fourth-order valence-electron chi connectivity index (χ4n) is 2.67. The predicted octanol–water partition coefficient (Wildman–Crippen LogP) is 2.10. The molecule has 1 aromatic carbocycles. The Bertz CT molecular complexity index is 607. The molecule has 2 unspecified atom stereocenters. The Morgan fingerprint density at radius 3 is 2.62 bits per heavy atom. The van der Waals surface area contributed by atoms with E-state index in [1.54, 1.807) is 30.3 Å². The summed E-state index contributed by atoms with van der Waals surface area (Å²) in [5.41, 5.74) is 0.366. The van der Waals surface area contributed by atoms with E-state index in [9.17, 15) is 14.5 Å². The van der Waals surface area contributed by atoms with E-state index in [4.69, 9.17) is 14.2 Å². The first-order valence-electron chi connectivity index (χ1n) is 8.51.